The topological polar surface area (TPSA) is 181 Å². The Morgan fingerprint density at radius 2 is 1.59 bits per heavy atom. The molecule has 0 amide bonds. The highest BCUT2D eigenvalue weighted by molar-refractivity contribution is 7.86. The Labute approximate surface area is 168 Å². The first kappa shape index (κ1) is 22.7. The number of ether oxygens (including phenoxy) is 1. The Balaban J connectivity index is 2.31. The molecule has 1 atom stereocenters. The van der Waals surface area contributed by atoms with Crippen LogP contribution in [0.15, 0.2) is 56.4 Å². The summed E-state index contributed by atoms with van der Waals surface area (Å²) in [7, 11) is -6.81. The number of nitrogens with one attached hydrogen (secondary N) is 1. The van der Waals surface area contributed by atoms with E-state index in [1.54, 1.807) is 0 Å². The minimum absolute atomic E-state index is 0.260. The van der Waals surface area contributed by atoms with Crippen molar-refractivity contribution in [2.24, 2.45) is 10.2 Å². The second-order valence-corrected chi connectivity index (χ2v) is 8.88. The fourth-order valence-electron chi connectivity index (χ4n) is 2.03. The van der Waals surface area contributed by atoms with E-state index in [1.165, 1.54) is 32.4 Å². The molecule has 0 aliphatic carbocycles. The molecule has 3 N–H and O–H groups in total. The third-order valence-corrected chi connectivity index (χ3v) is 5.62. The molecule has 0 spiro atoms. The van der Waals surface area contributed by atoms with E-state index in [4.69, 9.17) is 18.0 Å². The fourth-order valence-corrected chi connectivity index (χ4v) is 3.82. The predicted molar refractivity (Wildman–Crippen MR) is 102 cm³/mol. The van der Waals surface area contributed by atoms with Crippen LogP contribution < -0.4 is 13.6 Å². The van der Waals surface area contributed by atoms with Crippen molar-refractivity contribution in [3.8, 4) is 11.5 Å². The highest BCUT2D eigenvalue weighted by Crippen LogP contribution is 2.31. The first-order valence-corrected chi connectivity index (χ1v) is 11.3. The van der Waals surface area contributed by atoms with Crippen molar-refractivity contribution in [2.45, 2.75) is 9.79 Å². The van der Waals surface area contributed by atoms with Gasteiger partial charge in [0.1, 0.15) is 17.2 Å². The summed E-state index contributed by atoms with van der Waals surface area (Å²) in [5.41, 5.74) is 0.669. The first-order valence-electron chi connectivity index (χ1n) is 7.38. The summed E-state index contributed by atoms with van der Waals surface area (Å²) in [6.07, 6.45) is 0. The van der Waals surface area contributed by atoms with Crippen LogP contribution in [0, 0.1) is 0 Å². The van der Waals surface area contributed by atoms with Crippen LogP contribution in [-0.4, -0.2) is 44.3 Å². The van der Waals surface area contributed by atoms with Crippen molar-refractivity contribution in [3.05, 3.63) is 36.4 Å². The lowest BCUT2D eigenvalue weighted by atomic mass is 10.2. The van der Waals surface area contributed by atoms with Crippen molar-refractivity contribution in [1.82, 2.24) is 0 Å². The molecule has 0 aromatic heterocycles. The zero-order valence-electron chi connectivity index (χ0n) is 14.8. The normalized spacial score (nSPS) is 13.2. The van der Waals surface area contributed by atoms with Gasteiger partial charge in [-0.2, -0.15) is 31.3 Å². The lowest BCUT2D eigenvalue weighted by Crippen LogP contribution is -2.12. The van der Waals surface area contributed by atoms with Crippen molar-refractivity contribution in [2.75, 3.05) is 18.9 Å². The van der Waals surface area contributed by atoms with E-state index in [1.807, 2.05) is 0 Å². The number of rotatable bonds is 8. The Bertz CT molecular complexity index is 1130. The third-order valence-electron chi connectivity index (χ3n) is 3.21. The van der Waals surface area contributed by atoms with Gasteiger partial charge in [-0.15, -0.1) is 0 Å². The predicted octanol–water partition coefficient (Wildman–Crippen LogP) is 1.97. The Morgan fingerprint density at radius 3 is 2.07 bits per heavy atom. The van der Waals surface area contributed by atoms with Gasteiger partial charge < -0.3 is 8.92 Å². The van der Waals surface area contributed by atoms with Gasteiger partial charge in [-0.3, -0.25) is 13.8 Å². The van der Waals surface area contributed by atoms with Gasteiger partial charge in [-0.25, -0.2) is 0 Å². The van der Waals surface area contributed by atoms with Gasteiger partial charge in [0.2, 0.25) is 0 Å². The first-order chi connectivity index (χ1) is 13.4. The number of methoxy groups -OCH3 is 1. The summed E-state index contributed by atoms with van der Waals surface area (Å²) >= 11 is -2.33. The third kappa shape index (κ3) is 6.20. The fraction of sp³-hybridized carbons (Fsp3) is 0.143. The van der Waals surface area contributed by atoms with E-state index >= 15 is 0 Å². The van der Waals surface area contributed by atoms with E-state index in [0.29, 0.717) is 17.5 Å². The zero-order chi connectivity index (χ0) is 21.8. The summed E-state index contributed by atoms with van der Waals surface area (Å²) in [6.45, 7) is 0. The minimum atomic E-state index is -4.83. The molecular formula is C14H15N3O9S3. The van der Waals surface area contributed by atoms with Gasteiger partial charge in [-0.1, -0.05) is 0 Å². The van der Waals surface area contributed by atoms with Gasteiger partial charge in [0.25, 0.3) is 20.2 Å². The van der Waals surface area contributed by atoms with Crippen molar-refractivity contribution in [3.63, 3.8) is 0 Å². The van der Waals surface area contributed by atoms with Crippen LogP contribution in [0.4, 0.5) is 11.4 Å². The number of hydrogen-bond acceptors (Lipinski definition) is 9. The standard InChI is InChI=1S/C14H15N3O9S3/c1-15-16-13-4-3-9(5-14(13)25-2)17-27(18)26-10-6-11(28(19,20)21)8-12(7-10)29(22,23)24/h3-8,17H,1-2H3,(H,19,20,21)(H,22,23,24). The van der Waals surface area contributed by atoms with E-state index in [2.05, 4.69) is 15.0 Å². The van der Waals surface area contributed by atoms with Gasteiger partial charge in [-0.05, 0) is 18.2 Å². The quantitative estimate of drug-likeness (QED) is 0.388. The molecule has 1 unspecified atom stereocenters. The molecule has 2 rings (SSSR count). The van der Waals surface area contributed by atoms with Crippen LogP contribution in [-0.2, 0) is 31.5 Å². The molecule has 29 heavy (non-hydrogen) atoms. The summed E-state index contributed by atoms with van der Waals surface area (Å²) < 4.78 is 88.1. The van der Waals surface area contributed by atoms with Crippen LogP contribution in [0.1, 0.15) is 0 Å². The molecule has 0 aliphatic heterocycles. The molecule has 12 nitrogen and oxygen atoms in total. The number of nitrogens with zero attached hydrogens (tertiary/aromatic N) is 2. The summed E-state index contributed by atoms with van der Waals surface area (Å²) in [5, 5.41) is 7.45. The molecule has 0 fully saturated rings. The molecule has 0 radical (unpaired) electrons. The van der Waals surface area contributed by atoms with Crippen LogP contribution in [0.3, 0.4) is 0 Å². The maximum atomic E-state index is 12.2. The van der Waals surface area contributed by atoms with Gasteiger partial charge >= 0.3 is 11.3 Å². The molecule has 0 bridgehead atoms. The van der Waals surface area contributed by atoms with E-state index in [-0.39, 0.29) is 5.69 Å². The van der Waals surface area contributed by atoms with Crippen LogP contribution in [0.2, 0.25) is 0 Å². The molecule has 158 valence electrons. The maximum absolute atomic E-state index is 12.2. The SMILES string of the molecule is CN=Nc1ccc(NS(=O)Oc2cc(S(=O)(=O)O)cc(S(=O)(=O)O)c2)cc1OC. The highest BCUT2D eigenvalue weighted by Gasteiger charge is 2.20. The number of anilines is 1. The van der Waals surface area contributed by atoms with Crippen molar-refractivity contribution >= 4 is 42.9 Å². The molecule has 2 aromatic carbocycles. The number of hydrogen-bond donors (Lipinski definition) is 3. The number of azo groups is 1. The van der Waals surface area contributed by atoms with Crippen LogP contribution in [0.25, 0.3) is 0 Å². The average molecular weight is 465 g/mol. The molecule has 2 aromatic rings. The van der Waals surface area contributed by atoms with Gasteiger partial charge in [0.05, 0.1) is 22.6 Å². The van der Waals surface area contributed by atoms with E-state index in [0.717, 1.165) is 12.1 Å². The van der Waals surface area contributed by atoms with E-state index in [9.17, 15) is 21.0 Å². The molecule has 0 saturated heterocycles. The largest absolute Gasteiger partial charge is 0.494 e. The van der Waals surface area contributed by atoms with Crippen molar-refractivity contribution in [1.29, 1.82) is 0 Å². The Kier molecular flexibility index (Phi) is 6.91. The zero-order valence-corrected chi connectivity index (χ0v) is 17.3. The van der Waals surface area contributed by atoms with E-state index < -0.39 is 47.0 Å². The second-order valence-electron chi connectivity index (χ2n) is 5.20. The second kappa shape index (κ2) is 8.83. The van der Waals surface area contributed by atoms with Gasteiger partial charge in [0, 0.05) is 25.2 Å². The lowest BCUT2D eigenvalue weighted by Gasteiger charge is -2.11. The molecule has 0 aliphatic rings. The van der Waals surface area contributed by atoms with Crippen molar-refractivity contribution < 1.29 is 39.1 Å². The summed E-state index contributed by atoms with van der Waals surface area (Å²) in [5.74, 6) is -0.207. The monoisotopic (exact) mass is 465 g/mol. The Morgan fingerprint density at radius 1 is 1.00 bits per heavy atom. The maximum Gasteiger partial charge on any atom is 0.316 e. The lowest BCUT2D eigenvalue weighted by molar-refractivity contribution is 0.416. The number of benzene rings is 2. The van der Waals surface area contributed by atoms with Crippen LogP contribution >= 0.6 is 0 Å². The van der Waals surface area contributed by atoms with Gasteiger partial charge in [0.15, 0.2) is 0 Å². The minimum Gasteiger partial charge on any atom is -0.494 e. The highest BCUT2D eigenvalue weighted by atomic mass is 32.2. The molecule has 0 saturated carbocycles. The average Bonchev–Trinajstić information content (AvgIpc) is 2.61. The molecule has 0 heterocycles. The molecular weight excluding hydrogens is 450 g/mol. The smallest absolute Gasteiger partial charge is 0.316 e. The summed E-state index contributed by atoms with van der Waals surface area (Å²) in [6, 6.07) is 6.40. The summed E-state index contributed by atoms with van der Waals surface area (Å²) in [4.78, 5) is -1.76. The Hall–Kier alpha value is -2.59. The molecule has 15 heteroatoms. The van der Waals surface area contributed by atoms with Crippen LogP contribution in [0.5, 0.6) is 11.5 Å².